The first-order chi connectivity index (χ1) is 10.3. The van der Waals surface area contributed by atoms with E-state index in [4.69, 9.17) is 0 Å². The third-order valence-electron chi connectivity index (χ3n) is 3.92. The van der Waals surface area contributed by atoms with Crippen LogP contribution >= 0.6 is 14.9 Å². The lowest BCUT2D eigenvalue weighted by atomic mass is 10.3. The van der Waals surface area contributed by atoms with Gasteiger partial charge in [-0.2, -0.15) is 0 Å². The molecule has 0 spiro atoms. The largest absolute Gasteiger partial charge is 0.377 e. The van der Waals surface area contributed by atoms with E-state index in [-0.39, 0.29) is 5.16 Å². The fourth-order valence-corrected chi connectivity index (χ4v) is 7.45. The molecule has 22 heavy (non-hydrogen) atoms. The van der Waals surface area contributed by atoms with Crippen LogP contribution in [-0.2, 0) is 9.13 Å². The maximum Gasteiger partial charge on any atom is 0.377 e. The molecule has 2 atom stereocenters. The second kappa shape index (κ2) is 6.90. The van der Waals surface area contributed by atoms with E-state index in [0.717, 1.165) is 10.6 Å². The minimum absolute atomic E-state index is 0.332. The molecule has 2 nitrogen and oxygen atoms in total. The van der Waals surface area contributed by atoms with Gasteiger partial charge >= 0.3 is 7.80 Å². The molecule has 0 aliphatic carbocycles. The summed E-state index contributed by atoms with van der Waals surface area (Å²) in [6, 6.07) is 19.1. The Kier molecular flexibility index (Phi) is 5.37. The van der Waals surface area contributed by atoms with Crippen LogP contribution in [-0.4, -0.2) is 17.5 Å². The molecule has 2 rings (SSSR count). The summed E-state index contributed by atoms with van der Waals surface area (Å²) in [4.78, 5) is 0. The van der Waals surface area contributed by atoms with Crippen molar-refractivity contribution < 1.29 is 9.13 Å². The number of rotatable bonds is 5. The van der Waals surface area contributed by atoms with Gasteiger partial charge in [-0.1, -0.05) is 73.9 Å². The van der Waals surface area contributed by atoms with Crippen molar-refractivity contribution in [2.24, 2.45) is 0 Å². The smallest absolute Gasteiger partial charge is 0.318 e. The molecule has 0 amide bonds. The van der Waals surface area contributed by atoms with Crippen molar-refractivity contribution >= 4 is 25.6 Å². The Hall–Kier alpha value is -1.23. The molecule has 0 aliphatic heterocycles. The fraction of sp³-hybridized carbons (Fsp3) is 0.333. The summed E-state index contributed by atoms with van der Waals surface area (Å²) >= 11 is 0. The SMILES string of the molecule is CC(C)(C)P(=O)(CC[P+](=O)c1ccccc1)c1ccccc1. The Morgan fingerprint density at radius 3 is 1.91 bits per heavy atom. The van der Waals surface area contributed by atoms with Crippen LogP contribution in [0.3, 0.4) is 0 Å². The first-order valence-corrected chi connectivity index (χ1v) is 10.8. The second-order valence-corrected chi connectivity index (χ2v) is 11.9. The topological polar surface area (TPSA) is 34.1 Å². The summed E-state index contributed by atoms with van der Waals surface area (Å²) in [6.45, 7) is 6.03. The van der Waals surface area contributed by atoms with Gasteiger partial charge in [0.2, 0.25) is 0 Å². The van der Waals surface area contributed by atoms with Gasteiger partial charge in [0.05, 0.1) is 0 Å². The van der Waals surface area contributed by atoms with Gasteiger partial charge < -0.3 is 4.57 Å². The molecule has 0 radical (unpaired) electrons. The zero-order chi connectivity index (χ0) is 16.2. The lowest BCUT2D eigenvalue weighted by Gasteiger charge is -2.30. The van der Waals surface area contributed by atoms with Crippen LogP contribution in [0.5, 0.6) is 0 Å². The molecule has 2 unspecified atom stereocenters. The Bertz CT molecular complexity index is 673. The minimum Gasteiger partial charge on any atom is -0.318 e. The first-order valence-electron chi connectivity index (χ1n) is 7.49. The predicted octanol–water partition coefficient (Wildman–Crippen LogP) is 4.63. The van der Waals surface area contributed by atoms with E-state index >= 15 is 0 Å². The van der Waals surface area contributed by atoms with Gasteiger partial charge in [-0.25, -0.2) is 0 Å². The maximum atomic E-state index is 13.6. The van der Waals surface area contributed by atoms with E-state index in [9.17, 15) is 9.13 Å². The monoisotopic (exact) mass is 333 g/mol. The third kappa shape index (κ3) is 3.75. The zero-order valence-electron chi connectivity index (χ0n) is 13.4. The van der Waals surface area contributed by atoms with Gasteiger partial charge in [0.15, 0.2) is 11.5 Å². The van der Waals surface area contributed by atoms with Crippen molar-refractivity contribution in [2.75, 3.05) is 12.3 Å². The highest BCUT2D eigenvalue weighted by atomic mass is 31.2. The van der Waals surface area contributed by atoms with Gasteiger partial charge in [-0.15, -0.1) is 0 Å². The van der Waals surface area contributed by atoms with Crippen molar-refractivity contribution in [3.8, 4) is 0 Å². The zero-order valence-corrected chi connectivity index (χ0v) is 15.2. The van der Waals surface area contributed by atoms with Crippen LogP contribution in [0.15, 0.2) is 60.7 Å². The Morgan fingerprint density at radius 2 is 1.41 bits per heavy atom. The van der Waals surface area contributed by atoms with Crippen LogP contribution < -0.4 is 10.6 Å². The molecule has 0 aromatic heterocycles. The van der Waals surface area contributed by atoms with Gasteiger partial charge in [0.25, 0.3) is 0 Å². The van der Waals surface area contributed by atoms with E-state index in [2.05, 4.69) is 0 Å². The highest BCUT2D eigenvalue weighted by Crippen LogP contribution is 2.57. The number of hydrogen-bond acceptors (Lipinski definition) is 2. The molecule has 2 aromatic carbocycles. The molecule has 0 N–H and O–H groups in total. The van der Waals surface area contributed by atoms with Gasteiger partial charge in [-0.3, -0.25) is 0 Å². The minimum atomic E-state index is -2.61. The van der Waals surface area contributed by atoms with Gasteiger partial charge in [0.1, 0.15) is 7.14 Å². The summed E-state index contributed by atoms with van der Waals surface area (Å²) in [6.07, 6.45) is 0.938. The first kappa shape index (κ1) is 17.1. The van der Waals surface area contributed by atoms with E-state index in [1.807, 2.05) is 81.4 Å². The number of benzene rings is 2. The van der Waals surface area contributed by atoms with Crippen molar-refractivity contribution in [3.63, 3.8) is 0 Å². The average Bonchev–Trinajstić information content (AvgIpc) is 2.53. The molecule has 4 heteroatoms. The molecular weight excluding hydrogens is 310 g/mol. The summed E-state index contributed by atoms with van der Waals surface area (Å²) in [7, 11) is -4.11. The van der Waals surface area contributed by atoms with E-state index in [1.54, 1.807) is 0 Å². The van der Waals surface area contributed by atoms with E-state index in [1.165, 1.54) is 0 Å². The van der Waals surface area contributed by atoms with E-state index < -0.39 is 14.9 Å². The highest BCUT2D eigenvalue weighted by Gasteiger charge is 2.40. The third-order valence-corrected chi connectivity index (χ3v) is 9.93. The Balaban J connectivity index is 2.23. The van der Waals surface area contributed by atoms with Crippen molar-refractivity contribution in [2.45, 2.75) is 25.9 Å². The molecule has 0 aliphatic rings. The molecular formula is C18H23O2P2+. The average molecular weight is 333 g/mol. The molecule has 0 bridgehead atoms. The van der Waals surface area contributed by atoms with Crippen molar-refractivity contribution in [1.82, 2.24) is 0 Å². The Labute approximate surface area is 134 Å². The summed E-state index contributed by atoms with van der Waals surface area (Å²) in [5.74, 6) is 0. The summed E-state index contributed by atoms with van der Waals surface area (Å²) in [5.41, 5.74) is 0. The maximum absolute atomic E-state index is 13.6. The number of hydrogen-bond donors (Lipinski definition) is 0. The van der Waals surface area contributed by atoms with Gasteiger partial charge in [0, 0.05) is 16.6 Å². The van der Waals surface area contributed by atoms with Gasteiger partial charge in [-0.05, 0) is 12.1 Å². The second-order valence-electron chi connectivity index (χ2n) is 6.41. The standard InChI is InChI=1S/C18H23O2P2/c1-18(2,3)22(20,17-12-8-5-9-13-17)15-14-21(19)16-10-6-4-7-11-16/h4-13H,14-15H2,1-3H3/q+1. The van der Waals surface area contributed by atoms with Crippen LogP contribution in [0, 0.1) is 0 Å². The molecule has 0 fully saturated rings. The molecule has 0 heterocycles. The van der Waals surface area contributed by atoms with Crippen LogP contribution in [0.1, 0.15) is 20.8 Å². The summed E-state index contributed by atoms with van der Waals surface area (Å²) < 4.78 is 26.1. The van der Waals surface area contributed by atoms with E-state index in [0.29, 0.717) is 12.3 Å². The fourth-order valence-electron chi connectivity index (χ4n) is 2.48. The molecule has 2 aromatic rings. The predicted molar refractivity (Wildman–Crippen MR) is 96.9 cm³/mol. The lowest BCUT2D eigenvalue weighted by Crippen LogP contribution is -2.26. The van der Waals surface area contributed by atoms with Crippen LogP contribution in [0.2, 0.25) is 0 Å². The normalized spacial score (nSPS) is 15.1. The van der Waals surface area contributed by atoms with Crippen LogP contribution in [0.4, 0.5) is 0 Å². The van der Waals surface area contributed by atoms with Crippen LogP contribution in [0.25, 0.3) is 0 Å². The lowest BCUT2D eigenvalue weighted by molar-refractivity contribution is 0.556. The van der Waals surface area contributed by atoms with Crippen molar-refractivity contribution in [3.05, 3.63) is 60.7 Å². The molecule has 0 saturated carbocycles. The summed E-state index contributed by atoms with van der Waals surface area (Å²) in [5, 5.41) is 1.39. The highest BCUT2D eigenvalue weighted by molar-refractivity contribution is 7.73. The molecule has 0 saturated heterocycles. The Morgan fingerprint density at radius 1 is 0.909 bits per heavy atom. The molecule has 116 valence electrons. The quantitative estimate of drug-likeness (QED) is 0.748. The van der Waals surface area contributed by atoms with Crippen molar-refractivity contribution in [1.29, 1.82) is 0 Å².